The van der Waals surface area contributed by atoms with Crippen LogP contribution in [0.3, 0.4) is 0 Å². The molecule has 88 valence electrons. The third kappa shape index (κ3) is 2.35. The molecule has 1 saturated heterocycles. The molecule has 1 aliphatic heterocycles. The average Bonchev–Trinajstić information content (AvgIpc) is 2.30. The van der Waals surface area contributed by atoms with Gasteiger partial charge in [0.2, 0.25) is 0 Å². The number of rotatable bonds is 2. The second-order valence-corrected chi connectivity index (χ2v) is 4.63. The molecule has 2 heterocycles. The zero-order valence-corrected chi connectivity index (χ0v) is 10.1. The van der Waals surface area contributed by atoms with Crippen LogP contribution < -0.4 is 4.90 Å². The largest absolute Gasteiger partial charge is 0.389 e. The molecule has 0 unspecified atom stereocenters. The Balaban J connectivity index is 2.21. The average molecular weight is 220 g/mol. The standard InChI is InChI=1S/C13H20N2O/c1-10-8-12(11(2)16)9-14-13(10)15-6-4-3-5-7-15/h8-9,11,16H,3-7H2,1-2H3/t11-/m0/s1. The van der Waals surface area contributed by atoms with E-state index in [9.17, 15) is 5.11 Å². The Hall–Kier alpha value is -1.09. The predicted octanol–water partition coefficient (Wildman–Crippen LogP) is 2.43. The van der Waals surface area contributed by atoms with E-state index in [0.717, 1.165) is 24.5 Å². The van der Waals surface area contributed by atoms with Crippen molar-refractivity contribution in [2.75, 3.05) is 18.0 Å². The van der Waals surface area contributed by atoms with Gasteiger partial charge in [-0.15, -0.1) is 0 Å². The summed E-state index contributed by atoms with van der Waals surface area (Å²) in [5.74, 6) is 1.09. The highest BCUT2D eigenvalue weighted by Crippen LogP contribution is 2.23. The maximum Gasteiger partial charge on any atom is 0.131 e. The first-order valence-electron chi connectivity index (χ1n) is 6.08. The Morgan fingerprint density at radius 3 is 2.56 bits per heavy atom. The van der Waals surface area contributed by atoms with E-state index in [4.69, 9.17) is 0 Å². The van der Waals surface area contributed by atoms with E-state index in [0.29, 0.717) is 0 Å². The molecule has 0 aliphatic carbocycles. The number of aliphatic hydroxyl groups excluding tert-OH is 1. The summed E-state index contributed by atoms with van der Waals surface area (Å²) in [6, 6.07) is 2.04. The fourth-order valence-electron chi connectivity index (χ4n) is 2.25. The summed E-state index contributed by atoms with van der Waals surface area (Å²) in [5.41, 5.74) is 2.07. The van der Waals surface area contributed by atoms with Crippen molar-refractivity contribution >= 4 is 5.82 Å². The molecule has 1 N–H and O–H groups in total. The summed E-state index contributed by atoms with van der Waals surface area (Å²) < 4.78 is 0. The van der Waals surface area contributed by atoms with Crippen LogP contribution in [0.15, 0.2) is 12.3 Å². The van der Waals surface area contributed by atoms with Gasteiger partial charge in [0.1, 0.15) is 5.82 Å². The Morgan fingerprint density at radius 2 is 2.00 bits per heavy atom. The lowest BCUT2D eigenvalue weighted by Crippen LogP contribution is -2.30. The van der Waals surface area contributed by atoms with E-state index in [2.05, 4.69) is 16.8 Å². The maximum atomic E-state index is 9.50. The molecule has 0 spiro atoms. The van der Waals surface area contributed by atoms with Crippen LogP contribution in [0.25, 0.3) is 0 Å². The predicted molar refractivity (Wildman–Crippen MR) is 65.7 cm³/mol. The van der Waals surface area contributed by atoms with Crippen molar-refractivity contribution in [3.63, 3.8) is 0 Å². The van der Waals surface area contributed by atoms with Crippen molar-refractivity contribution in [2.24, 2.45) is 0 Å². The highest BCUT2D eigenvalue weighted by atomic mass is 16.3. The van der Waals surface area contributed by atoms with Gasteiger partial charge < -0.3 is 10.0 Å². The van der Waals surface area contributed by atoms with Gasteiger partial charge in [0.05, 0.1) is 6.10 Å². The molecule has 16 heavy (non-hydrogen) atoms. The quantitative estimate of drug-likeness (QED) is 0.831. The smallest absolute Gasteiger partial charge is 0.131 e. The van der Waals surface area contributed by atoms with E-state index >= 15 is 0 Å². The number of hydrogen-bond acceptors (Lipinski definition) is 3. The maximum absolute atomic E-state index is 9.50. The van der Waals surface area contributed by atoms with E-state index in [1.165, 1.54) is 24.8 Å². The van der Waals surface area contributed by atoms with Gasteiger partial charge in [-0.2, -0.15) is 0 Å². The normalized spacial score (nSPS) is 18.6. The minimum atomic E-state index is -0.429. The molecule has 1 aromatic rings. The third-order valence-corrected chi connectivity index (χ3v) is 3.21. The molecule has 0 aromatic carbocycles. The summed E-state index contributed by atoms with van der Waals surface area (Å²) in [4.78, 5) is 6.84. The molecule has 1 fully saturated rings. The first kappa shape index (κ1) is 11.4. The number of piperidine rings is 1. The molecule has 1 atom stereocenters. The molecule has 0 saturated carbocycles. The topological polar surface area (TPSA) is 36.4 Å². The Kier molecular flexibility index (Phi) is 3.44. The van der Waals surface area contributed by atoms with E-state index < -0.39 is 6.10 Å². The molecule has 0 amide bonds. The highest BCUT2D eigenvalue weighted by Gasteiger charge is 2.14. The van der Waals surface area contributed by atoms with Crippen molar-refractivity contribution in [3.05, 3.63) is 23.4 Å². The van der Waals surface area contributed by atoms with Crippen LogP contribution in [0, 0.1) is 6.92 Å². The lowest BCUT2D eigenvalue weighted by atomic mass is 10.1. The number of aromatic nitrogens is 1. The number of nitrogens with zero attached hydrogens (tertiary/aromatic N) is 2. The van der Waals surface area contributed by atoms with Gasteiger partial charge in [-0.05, 0) is 50.3 Å². The number of anilines is 1. The van der Waals surface area contributed by atoms with Crippen LogP contribution in [0.2, 0.25) is 0 Å². The molecule has 3 heteroatoms. The SMILES string of the molecule is Cc1cc([C@H](C)O)cnc1N1CCCCC1. The summed E-state index contributed by atoms with van der Waals surface area (Å²) in [5, 5.41) is 9.50. The van der Waals surface area contributed by atoms with E-state index in [1.807, 2.05) is 6.07 Å². The molecule has 0 radical (unpaired) electrons. The van der Waals surface area contributed by atoms with Gasteiger partial charge in [-0.3, -0.25) is 0 Å². The zero-order valence-electron chi connectivity index (χ0n) is 10.1. The van der Waals surface area contributed by atoms with Crippen LogP contribution in [0.1, 0.15) is 43.4 Å². The Morgan fingerprint density at radius 1 is 1.31 bits per heavy atom. The van der Waals surface area contributed by atoms with Gasteiger partial charge in [-0.1, -0.05) is 0 Å². The lowest BCUT2D eigenvalue weighted by molar-refractivity contribution is 0.199. The van der Waals surface area contributed by atoms with Crippen molar-refractivity contribution in [2.45, 2.75) is 39.2 Å². The summed E-state index contributed by atoms with van der Waals surface area (Å²) in [7, 11) is 0. The molecule has 1 aliphatic rings. The molecule has 2 rings (SSSR count). The van der Waals surface area contributed by atoms with E-state index in [1.54, 1.807) is 13.1 Å². The minimum Gasteiger partial charge on any atom is -0.389 e. The van der Waals surface area contributed by atoms with Crippen molar-refractivity contribution in [3.8, 4) is 0 Å². The summed E-state index contributed by atoms with van der Waals surface area (Å²) in [6.45, 7) is 6.07. The second-order valence-electron chi connectivity index (χ2n) is 4.63. The van der Waals surface area contributed by atoms with Crippen molar-refractivity contribution < 1.29 is 5.11 Å². The number of pyridine rings is 1. The summed E-state index contributed by atoms with van der Waals surface area (Å²) >= 11 is 0. The van der Waals surface area contributed by atoms with Gasteiger partial charge >= 0.3 is 0 Å². The monoisotopic (exact) mass is 220 g/mol. The molecule has 1 aromatic heterocycles. The fraction of sp³-hybridized carbons (Fsp3) is 0.615. The Bertz CT molecular complexity index is 357. The van der Waals surface area contributed by atoms with Gasteiger partial charge in [0.15, 0.2) is 0 Å². The van der Waals surface area contributed by atoms with Crippen LogP contribution in [0.4, 0.5) is 5.82 Å². The van der Waals surface area contributed by atoms with E-state index in [-0.39, 0.29) is 0 Å². The van der Waals surface area contributed by atoms with Crippen molar-refractivity contribution in [1.29, 1.82) is 0 Å². The highest BCUT2D eigenvalue weighted by molar-refractivity contribution is 5.47. The molecule has 3 nitrogen and oxygen atoms in total. The fourth-order valence-corrected chi connectivity index (χ4v) is 2.25. The minimum absolute atomic E-state index is 0.429. The third-order valence-electron chi connectivity index (χ3n) is 3.21. The molecular weight excluding hydrogens is 200 g/mol. The zero-order chi connectivity index (χ0) is 11.5. The van der Waals surface area contributed by atoms with Gasteiger partial charge in [0, 0.05) is 19.3 Å². The second kappa shape index (κ2) is 4.83. The van der Waals surface area contributed by atoms with Crippen LogP contribution in [-0.4, -0.2) is 23.2 Å². The van der Waals surface area contributed by atoms with Gasteiger partial charge in [-0.25, -0.2) is 4.98 Å². The van der Waals surface area contributed by atoms with Crippen LogP contribution in [-0.2, 0) is 0 Å². The number of aryl methyl sites for hydroxylation is 1. The molecular formula is C13H20N2O. The number of hydrogen-bond donors (Lipinski definition) is 1. The Labute approximate surface area is 97.1 Å². The van der Waals surface area contributed by atoms with Crippen molar-refractivity contribution in [1.82, 2.24) is 4.98 Å². The first-order chi connectivity index (χ1) is 7.68. The van der Waals surface area contributed by atoms with Crippen LogP contribution >= 0.6 is 0 Å². The first-order valence-corrected chi connectivity index (χ1v) is 6.08. The number of aliphatic hydroxyl groups is 1. The lowest BCUT2D eigenvalue weighted by Gasteiger charge is -2.29. The summed E-state index contributed by atoms with van der Waals surface area (Å²) in [6.07, 6.45) is 5.23. The van der Waals surface area contributed by atoms with Gasteiger partial charge in [0.25, 0.3) is 0 Å². The molecule has 0 bridgehead atoms. The van der Waals surface area contributed by atoms with Crippen LogP contribution in [0.5, 0.6) is 0 Å².